The van der Waals surface area contributed by atoms with Gasteiger partial charge in [0.25, 0.3) is 0 Å². The molecule has 0 aliphatic heterocycles. The van der Waals surface area contributed by atoms with Crippen molar-refractivity contribution in [2.75, 3.05) is 0 Å². The lowest BCUT2D eigenvalue weighted by atomic mass is 10.2. The van der Waals surface area contributed by atoms with Crippen molar-refractivity contribution in [1.82, 2.24) is 0 Å². The largest absolute Gasteiger partial charge is 1.00 e. The van der Waals surface area contributed by atoms with Gasteiger partial charge in [-0.15, -0.1) is 0 Å². The molecule has 0 bridgehead atoms. The second-order valence-electron chi connectivity index (χ2n) is 2.82. The molecule has 1 aromatic rings. The maximum atomic E-state index is 8.50. The standard InChI is InChI=1S/C10H13N2.BrH/c1-3-10-4-6-12(7-5-11)9(2)8-10;/h4,6,8H,3,7H2,1-2H3;1H/q+1;/p-1. The molecule has 0 unspecified atom stereocenters. The molecule has 0 aliphatic carbocycles. The van der Waals surface area contributed by atoms with Gasteiger partial charge in [0.2, 0.25) is 6.54 Å². The molecule has 0 saturated carbocycles. The van der Waals surface area contributed by atoms with Crippen molar-refractivity contribution >= 4 is 0 Å². The Balaban J connectivity index is 0.00000144. The summed E-state index contributed by atoms with van der Waals surface area (Å²) in [6.45, 7) is 4.59. The van der Waals surface area contributed by atoms with Gasteiger partial charge in [-0.05, 0) is 12.0 Å². The van der Waals surface area contributed by atoms with Crippen molar-refractivity contribution < 1.29 is 21.5 Å². The second kappa shape index (κ2) is 5.71. The highest BCUT2D eigenvalue weighted by atomic mass is 79.9. The highest BCUT2D eigenvalue weighted by molar-refractivity contribution is 5.11. The van der Waals surface area contributed by atoms with Gasteiger partial charge in [0, 0.05) is 19.1 Å². The zero-order valence-electron chi connectivity index (χ0n) is 7.92. The molecule has 0 fully saturated rings. The fraction of sp³-hybridized carbons (Fsp3) is 0.400. The van der Waals surface area contributed by atoms with Crippen molar-refractivity contribution in [2.45, 2.75) is 26.8 Å². The van der Waals surface area contributed by atoms with E-state index in [0.29, 0.717) is 6.54 Å². The number of nitrogens with zero attached hydrogens (tertiary/aromatic N) is 2. The first-order chi connectivity index (χ1) is 5.77. The number of nitriles is 1. The van der Waals surface area contributed by atoms with Gasteiger partial charge in [-0.1, -0.05) is 6.92 Å². The van der Waals surface area contributed by atoms with E-state index in [2.05, 4.69) is 25.1 Å². The maximum absolute atomic E-state index is 8.50. The van der Waals surface area contributed by atoms with Crippen molar-refractivity contribution in [3.8, 4) is 6.07 Å². The Labute approximate surface area is 89.6 Å². The summed E-state index contributed by atoms with van der Waals surface area (Å²) >= 11 is 0. The highest BCUT2D eigenvalue weighted by Crippen LogP contribution is 1.99. The smallest absolute Gasteiger partial charge is 0.234 e. The lowest BCUT2D eigenvalue weighted by molar-refractivity contribution is -0.691. The Morgan fingerprint density at radius 3 is 2.69 bits per heavy atom. The summed E-state index contributed by atoms with van der Waals surface area (Å²) in [5, 5.41) is 8.50. The summed E-state index contributed by atoms with van der Waals surface area (Å²) in [6, 6.07) is 6.31. The number of aromatic nitrogens is 1. The van der Waals surface area contributed by atoms with E-state index in [1.165, 1.54) is 5.56 Å². The third-order valence-electron chi connectivity index (χ3n) is 1.97. The number of rotatable bonds is 2. The van der Waals surface area contributed by atoms with Crippen LogP contribution in [0.5, 0.6) is 0 Å². The van der Waals surface area contributed by atoms with E-state index in [1.54, 1.807) is 0 Å². The first-order valence-corrected chi connectivity index (χ1v) is 4.14. The summed E-state index contributed by atoms with van der Waals surface area (Å²) in [4.78, 5) is 0. The van der Waals surface area contributed by atoms with Gasteiger partial charge < -0.3 is 17.0 Å². The zero-order valence-corrected chi connectivity index (χ0v) is 9.50. The van der Waals surface area contributed by atoms with E-state index in [0.717, 1.165) is 12.1 Å². The number of aryl methyl sites for hydroxylation is 2. The topological polar surface area (TPSA) is 27.7 Å². The number of halogens is 1. The van der Waals surface area contributed by atoms with E-state index >= 15 is 0 Å². The summed E-state index contributed by atoms with van der Waals surface area (Å²) < 4.78 is 1.94. The Morgan fingerprint density at radius 1 is 1.54 bits per heavy atom. The summed E-state index contributed by atoms with van der Waals surface area (Å²) in [5.74, 6) is 0. The van der Waals surface area contributed by atoms with Crippen molar-refractivity contribution in [3.63, 3.8) is 0 Å². The number of hydrogen-bond donors (Lipinski definition) is 0. The molecule has 0 saturated heterocycles. The SMILES string of the molecule is CCc1cc[n+](CC#N)c(C)c1.[Br-]. The third kappa shape index (κ3) is 3.16. The van der Waals surface area contributed by atoms with Crippen molar-refractivity contribution in [3.05, 3.63) is 29.6 Å². The van der Waals surface area contributed by atoms with Crippen LogP contribution in [0.4, 0.5) is 0 Å². The van der Waals surface area contributed by atoms with Crippen LogP contribution in [-0.4, -0.2) is 0 Å². The molecule has 0 atom stereocenters. The number of hydrogen-bond acceptors (Lipinski definition) is 1. The summed E-state index contributed by atoms with van der Waals surface area (Å²) in [5.41, 5.74) is 2.47. The average molecular weight is 241 g/mol. The first-order valence-electron chi connectivity index (χ1n) is 4.14. The summed E-state index contributed by atoms with van der Waals surface area (Å²) in [7, 11) is 0. The fourth-order valence-corrected chi connectivity index (χ4v) is 1.18. The average Bonchev–Trinajstić information content (AvgIpc) is 2.09. The molecule has 0 spiro atoms. The molecule has 2 nitrogen and oxygen atoms in total. The van der Waals surface area contributed by atoms with Gasteiger partial charge >= 0.3 is 0 Å². The Kier molecular flexibility index (Phi) is 5.33. The molecule has 70 valence electrons. The Morgan fingerprint density at radius 2 is 2.23 bits per heavy atom. The molecule has 0 amide bonds. The zero-order chi connectivity index (χ0) is 8.97. The minimum atomic E-state index is 0. The van der Waals surface area contributed by atoms with E-state index in [-0.39, 0.29) is 17.0 Å². The van der Waals surface area contributed by atoms with E-state index in [4.69, 9.17) is 5.26 Å². The fourth-order valence-electron chi connectivity index (χ4n) is 1.18. The van der Waals surface area contributed by atoms with Gasteiger partial charge in [-0.2, -0.15) is 9.83 Å². The van der Waals surface area contributed by atoms with Gasteiger partial charge in [0.1, 0.15) is 6.07 Å². The van der Waals surface area contributed by atoms with Crippen LogP contribution in [0.25, 0.3) is 0 Å². The van der Waals surface area contributed by atoms with Gasteiger partial charge in [0.05, 0.1) is 0 Å². The van der Waals surface area contributed by atoms with Gasteiger partial charge in [-0.3, -0.25) is 0 Å². The van der Waals surface area contributed by atoms with Crippen LogP contribution in [0.15, 0.2) is 18.3 Å². The predicted octanol–water partition coefficient (Wildman–Crippen LogP) is -1.63. The quantitative estimate of drug-likeness (QED) is 0.571. The predicted molar refractivity (Wildman–Crippen MR) is 46.4 cm³/mol. The molecule has 1 heterocycles. The molecule has 3 heteroatoms. The van der Waals surface area contributed by atoms with Crippen LogP contribution in [-0.2, 0) is 13.0 Å². The van der Waals surface area contributed by atoms with Crippen LogP contribution in [0.3, 0.4) is 0 Å². The normalized spacial score (nSPS) is 8.69. The van der Waals surface area contributed by atoms with Gasteiger partial charge in [0.15, 0.2) is 11.9 Å². The molecule has 0 aromatic carbocycles. The van der Waals surface area contributed by atoms with E-state index in [1.807, 2.05) is 17.7 Å². The molecule has 1 rings (SSSR count). The van der Waals surface area contributed by atoms with Crippen LogP contribution < -0.4 is 21.5 Å². The van der Waals surface area contributed by atoms with Crippen LogP contribution in [0, 0.1) is 18.3 Å². The lowest BCUT2D eigenvalue weighted by Gasteiger charge is -1.97. The second-order valence-corrected chi connectivity index (χ2v) is 2.82. The summed E-state index contributed by atoms with van der Waals surface area (Å²) in [6.07, 6.45) is 3.02. The molecule has 1 aromatic heterocycles. The van der Waals surface area contributed by atoms with Crippen LogP contribution in [0.1, 0.15) is 18.2 Å². The maximum Gasteiger partial charge on any atom is 0.234 e. The first kappa shape index (κ1) is 12.1. The molecule has 0 radical (unpaired) electrons. The molecule has 0 aliphatic rings. The Hall–Kier alpha value is -0.880. The third-order valence-corrected chi connectivity index (χ3v) is 1.97. The van der Waals surface area contributed by atoms with Crippen molar-refractivity contribution in [2.24, 2.45) is 0 Å². The van der Waals surface area contributed by atoms with Crippen LogP contribution in [0.2, 0.25) is 0 Å². The Bertz CT molecular complexity index is 315. The minimum Gasteiger partial charge on any atom is -1.00 e. The van der Waals surface area contributed by atoms with E-state index < -0.39 is 0 Å². The lowest BCUT2D eigenvalue weighted by Crippen LogP contribution is -3.00. The monoisotopic (exact) mass is 240 g/mol. The highest BCUT2D eigenvalue weighted by Gasteiger charge is 2.04. The van der Waals surface area contributed by atoms with Crippen molar-refractivity contribution in [1.29, 1.82) is 5.26 Å². The van der Waals surface area contributed by atoms with Gasteiger partial charge in [-0.25, -0.2) is 0 Å². The number of pyridine rings is 1. The minimum absolute atomic E-state index is 0. The molecular weight excluding hydrogens is 228 g/mol. The molecular formula is C10H13BrN2. The van der Waals surface area contributed by atoms with Crippen LogP contribution >= 0.6 is 0 Å². The van der Waals surface area contributed by atoms with E-state index in [9.17, 15) is 0 Å². The molecule has 0 N–H and O–H groups in total. The molecule has 13 heavy (non-hydrogen) atoms.